The predicted octanol–water partition coefficient (Wildman–Crippen LogP) is 1.14. The molecule has 0 radical (unpaired) electrons. The van der Waals surface area contributed by atoms with Crippen LogP contribution in [0.2, 0.25) is 0 Å². The van der Waals surface area contributed by atoms with Crippen molar-refractivity contribution in [3.63, 3.8) is 0 Å². The molecule has 0 bridgehead atoms. The number of ether oxygens (including phenoxy) is 2. The predicted molar refractivity (Wildman–Crippen MR) is 124 cm³/mol. The molecule has 2 aromatic heterocycles. The number of halogens is 1. The fourth-order valence-electron chi connectivity index (χ4n) is 3.74. The topological polar surface area (TPSA) is 129 Å². The van der Waals surface area contributed by atoms with Gasteiger partial charge in [-0.1, -0.05) is 0 Å². The van der Waals surface area contributed by atoms with Crippen molar-refractivity contribution >= 4 is 39.6 Å². The summed E-state index contributed by atoms with van der Waals surface area (Å²) in [6.07, 6.45) is 3.13. The third-order valence-electron chi connectivity index (χ3n) is 5.51. The van der Waals surface area contributed by atoms with Crippen molar-refractivity contribution in [2.24, 2.45) is 7.05 Å². The lowest BCUT2D eigenvalue weighted by atomic mass is 9.99. The van der Waals surface area contributed by atoms with Crippen LogP contribution >= 0.6 is 0 Å². The SMILES string of the molecule is COC(=O)CNC(=O)CNC(=O)Cn1ncc2c(-c3cc4c(cnn4C)cc3F)ccc(OC)c21. The Hall–Kier alpha value is -4.48. The molecule has 0 fully saturated rings. The van der Waals surface area contributed by atoms with E-state index in [9.17, 15) is 14.4 Å². The quantitative estimate of drug-likeness (QED) is 0.360. The fraction of sp³-hybridized carbons (Fsp3) is 0.261. The molecule has 0 aliphatic rings. The first kappa shape index (κ1) is 23.7. The van der Waals surface area contributed by atoms with Gasteiger partial charge in [0.05, 0.1) is 38.7 Å². The minimum absolute atomic E-state index is 0.211. The highest BCUT2D eigenvalue weighted by Crippen LogP contribution is 2.37. The van der Waals surface area contributed by atoms with Gasteiger partial charge in [-0.15, -0.1) is 0 Å². The highest BCUT2D eigenvalue weighted by Gasteiger charge is 2.19. The van der Waals surface area contributed by atoms with Gasteiger partial charge in [0.25, 0.3) is 0 Å². The van der Waals surface area contributed by atoms with Gasteiger partial charge in [-0.25, -0.2) is 4.39 Å². The van der Waals surface area contributed by atoms with E-state index in [1.165, 1.54) is 31.2 Å². The summed E-state index contributed by atoms with van der Waals surface area (Å²) in [7, 11) is 4.47. The minimum Gasteiger partial charge on any atom is -0.494 e. The Bertz CT molecular complexity index is 1440. The second kappa shape index (κ2) is 9.79. The largest absolute Gasteiger partial charge is 0.494 e. The van der Waals surface area contributed by atoms with Crippen LogP contribution in [0.1, 0.15) is 0 Å². The van der Waals surface area contributed by atoms with Crippen molar-refractivity contribution in [2.45, 2.75) is 6.54 Å². The normalized spacial score (nSPS) is 11.0. The first-order valence-electron chi connectivity index (χ1n) is 10.6. The number of nitrogens with one attached hydrogen (secondary N) is 2. The number of aryl methyl sites for hydroxylation is 1. The van der Waals surface area contributed by atoms with Gasteiger partial charge in [0.2, 0.25) is 11.8 Å². The molecule has 182 valence electrons. The van der Waals surface area contributed by atoms with Crippen LogP contribution < -0.4 is 15.4 Å². The number of nitrogens with zero attached hydrogens (tertiary/aromatic N) is 4. The Balaban J connectivity index is 1.60. The van der Waals surface area contributed by atoms with E-state index < -0.39 is 23.6 Å². The summed E-state index contributed by atoms with van der Waals surface area (Å²) >= 11 is 0. The van der Waals surface area contributed by atoms with Crippen molar-refractivity contribution in [1.82, 2.24) is 30.2 Å². The van der Waals surface area contributed by atoms with Gasteiger partial charge in [0.1, 0.15) is 30.2 Å². The second-order valence-electron chi connectivity index (χ2n) is 7.67. The molecule has 11 nitrogen and oxygen atoms in total. The van der Waals surface area contributed by atoms with Gasteiger partial charge in [0, 0.05) is 23.4 Å². The van der Waals surface area contributed by atoms with Crippen molar-refractivity contribution in [1.29, 1.82) is 0 Å². The fourth-order valence-corrected chi connectivity index (χ4v) is 3.74. The standard InChI is InChI=1S/C23H23FN6O5/c1-29-18-7-15(17(24)6-13(18)8-27-29)14-4-5-19(34-2)23-16(14)9-28-30(23)12-21(32)25-10-20(31)26-11-22(33)35-3/h4-9H,10-12H2,1-3H3,(H,25,32)(H,26,31). The van der Waals surface area contributed by atoms with E-state index in [0.29, 0.717) is 33.2 Å². The third kappa shape index (κ3) is 4.76. The smallest absolute Gasteiger partial charge is 0.325 e. The molecule has 35 heavy (non-hydrogen) atoms. The molecule has 0 unspecified atom stereocenters. The lowest BCUT2D eigenvalue weighted by Crippen LogP contribution is -2.40. The maximum absolute atomic E-state index is 15.0. The van der Waals surface area contributed by atoms with Crippen LogP contribution in [-0.4, -0.2) is 64.7 Å². The van der Waals surface area contributed by atoms with E-state index in [2.05, 4.69) is 25.6 Å². The molecule has 0 spiro atoms. The van der Waals surface area contributed by atoms with Gasteiger partial charge < -0.3 is 20.1 Å². The first-order chi connectivity index (χ1) is 16.8. The molecule has 0 aliphatic heterocycles. The number of rotatable bonds is 8. The summed E-state index contributed by atoms with van der Waals surface area (Å²) in [6.45, 7) is -0.833. The van der Waals surface area contributed by atoms with Crippen LogP contribution in [0, 0.1) is 5.82 Å². The number of hydrogen-bond donors (Lipinski definition) is 2. The molecule has 4 rings (SSSR count). The minimum atomic E-state index is -0.602. The lowest BCUT2D eigenvalue weighted by Gasteiger charge is -2.11. The lowest BCUT2D eigenvalue weighted by molar-refractivity contribution is -0.141. The van der Waals surface area contributed by atoms with E-state index in [4.69, 9.17) is 4.74 Å². The molecule has 2 heterocycles. The second-order valence-corrected chi connectivity index (χ2v) is 7.67. The number of hydrogen-bond acceptors (Lipinski definition) is 7. The average Bonchev–Trinajstić information content (AvgIpc) is 3.43. The maximum Gasteiger partial charge on any atom is 0.325 e. The molecular formula is C23H23FN6O5. The van der Waals surface area contributed by atoms with Crippen LogP contribution in [0.25, 0.3) is 32.9 Å². The van der Waals surface area contributed by atoms with Crippen LogP contribution in [-0.2, 0) is 32.7 Å². The number of methoxy groups -OCH3 is 2. The zero-order valence-electron chi connectivity index (χ0n) is 19.3. The van der Waals surface area contributed by atoms with Crippen molar-refractivity contribution < 1.29 is 28.2 Å². The molecule has 2 aromatic carbocycles. The summed E-state index contributed by atoms with van der Waals surface area (Å²) in [5.41, 5.74) is 2.21. The molecule has 12 heteroatoms. The number of aromatic nitrogens is 4. The summed E-state index contributed by atoms with van der Waals surface area (Å²) in [5, 5.41) is 14.5. The van der Waals surface area contributed by atoms with Gasteiger partial charge in [-0.3, -0.25) is 23.7 Å². The van der Waals surface area contributed by atoms with Crippen molar-refractivity contribution in [2.75, 3.05) is 27.3 Å². The van der Waals surface area contributed by atoms with Crippen LogP contribution in [0.5, 0.6) is 5.75 Å². The van der Waals surface area contributed by atoms with Gasteiger partial charge >= 0.3 is 5.97 Å². The Morgan fingerprint density at radius 2 is 1.77 bits per heavy atom. The number of carbonyl (C=O) groups is 3. The number of fused-ring (bicyclic) bond motifs is 2. The Morgan fingerprint density at radius 3 is 2.51 bits per heavy atom. The molecule has 4 aromatic rings. The zero-order valence-corrected chi connectivity index (χ0v) is 19.3. The van der Waals surface area contributed by atoms with Gasteiger partial charge in [-0.2, -0.15) is 10.2 Å². The molecule has 2 amide bonds. The van der Waals surface area contributed by atoms with E-state index in [1.54, 1.807) is 36.1 Å². The Morgan fingerprint density at radius 1 is 1.00 bits per heavy atom. The maximum atomic E-state index is 15.0. The summed E-state index contributed by atoms with van der Waals surface area (Å²) in [4.78, 5) is 35.4. The van der Waals surface area contributed by atoms with E-state index >= 15 is 4.39 Å². The third-order valence-corrected chi connectivity index (χ3v) is 5.51. The first-order valence-corrected chi connectivity index (χ1v) is 10.6. The van der Waals surface area contributed by atoms with E-state index in [0.717, 1.165) is 5.52 Å². The van der Waals surface area contributed by atoms with E-state index in [-0.39, 0.29) is 19.6 Å². The number of carbonyl (C=O) groups excluding carboxylic acids is 3. The number of benzene rings is 2. The van der Waals surface area contributed by atoms with Crippen LogP contribution in [0.15, 0.2) is 36.7 Å². The summed E-state index contributed by atoms with van der Waals surface area (Å²) in [5.74, 6) is -1.60. The average molecular weight is 482 g/mol. The zero-order chi connectivity index (χ0) is 25.1. The highest BCUT2D eigenvalue weighted by atomic mass is 19.1. The summed E-state index contributed by atoms with van der Waals surface area (Å²) in [6, 6.07) is 6.56. The molecular weight excluding hydrogens is 459 g/mol. The molecule has 0 saturated carbocycles. The van der Waals surface area contributed by atoms with Crippen molar-refractivity contribution in [3.05, 3.63) is 42.5 Å². The van der Waals surface area contributed by atoms with Crippen molar-refractivity contribution in [3.8, 4) is 16.9 Å². The molecule has 2 N–H and O–H groups in total. The van der Waals surface area contributed by atoms with Gasteiger partial charge in [-0.05, 0) is 29.8 Å². The monoisotopic (exact) mass is 482 g/mol. The Kier molecular flexibility index (Phi) is 6.62. The highest BCUT2D eigenvalue weighted by molar-refractivity contribution is 6.00. The Labute approximate surface area is 198 Å². The van der Waals surface area contributed by atoms with Gasteiger partial charge in [0.15, 0.2) is 0 Å². The van der Waals surface area contributed by atoms with Crippen LogP contribution in [0.3, 0.4) is 0 Å². The number of amides is 2. The molecule has 0 saturated heterocycles. The molecule has 0 atom stereocenters. The number of esters is 1. The summed E-state index contributed by atoms with van der Waals surface area (Å²) < 4.78 is 28.0. The van der Waals surface area contributed by atoms with Crippen LogP contribution in [0.4, 0.5) is 4.39 Å². The van der Waals surface area contributed by atoms with E-state index in [1.807, 2.05) is 0 Å². The molecule has 0 aliphatic carbocycles.